The van der Waals surface area contributed by atoms with Crippen LogP contribution in [0.25, 0.3) is 0 Å². The summed E-state index contributed by atoms with van der Waals surface area (Å²) in [7, 11) is 5.33. The Hall–Kier alpha value is -1.55. The van der Waals surface area contributed by atoms with E-state index in [1.165, 1.54) is 5.56 Å². The largest absolute Gasteiger partial charge is 0.444 e. The number of rotatable bonds is 6. The van der Waals surface area contributed by atoms with Crippen LogP contribution in [0.15, 0.2) is 29.3 Å². The highest BCUT2D eigenvalue weighted by Gasteiger charge is 2.24. The Morgan fingerprint density at radius 2 is 1.90 bits per heavy atom. The molecular weight excluding hydrogens is 495 g/mol. The van der Waals surface area contributed by atoms with Crippen molar-refractivity contribution in [2.45, 2.75) is 45.9 Å². The highest BCUT2D eigenvalue weighted by Crippen LogP contribution is 2.17. The summed E-state index contributed by atoms with van der Waals surface area (Å²) in [5, 5.41) is 3.45. The first kappa shape index (κ1) is 26.5. The van der Waals surface area contributed by atoms with Gasteiger partial charge in [-0.2, -0.15) is 0 Å². The summed E-state index contributed by atoms with van der Waals surface area (Å²) < 4.78 is 10.7. The molecule has 8 heteroatoms. The van der Waals surface area contributed by atoms with Gasteiger partial charge in [0.15, 0.2) is 5.96 Å². The van der Waals surface area contributed by atoms with Gasteiger partial charge in [0.1, 0.15) is 5.60 Å². The van der Waals surface area contributed by atoms with Crippen molar-refractivity contribution in [2.24, 2.45) is 10.9 Å². The first-order valence-corrected chi connectivity index (χ1v) is 10.2. The molecule has 1 aliphatic heterocycles. The van der Waals surface area contributed by atoms with E-state index in [0.29, 0.717) is 19.0 Å². The second-order valence-electron chi connectivity index (χ2n) is 8.61. The molecule has 0 aromatic heterocycles. The van der Waals surface area contributed by atoms with Crippen LogP contribution in [-0.4, -0.2) is 68.4 Å². The van der Waals surface area contributed by atoms with Crippen molar-refractivity contribution >= 4 is 36.0 Å². The average molecular weight is 532 g/mol. The number of ether oxygens (including phenoxy) is 2. The Morgan fingerprint density at radius 3 is 2.47 bits per heavy atom. The van der Waals surface area contributed by atoms with Crippen LogP contribution < -0.4 is 5.32 Å². The quantitative estimate of drug-likeness (QED) is 0.344. The van der Waals surface area contributed by atoms with Crippen molar-refractivity contribution in [3.05, 3.63) is 35.4 Å². The van der Waals surface area contributed by atoms with Crippen molar-refractivity contribution in [3.8, 4) is 0 Å². The smallest absolute Gasteiger partial charge is 0.410 e. The van der Waals surface area contributed by atoms with E-state index in [-0.39, 0.29) is 30.1 Å². The van der Waals surface area contributed by atoms with Gasteiger partial charge in [-0.1, -0.05) is 24.3 Å². The maximum absolute atomic E-state index is 12.1. The number of aliphatic imine (C=N–C) groups is 1. The number of methoxy groups -OCH3 is 1. The summed E-state index contributed by atoms with van der Waals surface area (Å²) in [6.45, 7) is 9.61. The number of carbonyl (C=O) groups is 1. The summed E-state index contributed by atoms with van der Waals surface area (Å²) in [5.41, 5.74) is 1.74. The third kappa shape index (κ3) is 8.67. The van der Waals surface area contributed by atoms with Crippen LogP contribution in [0.2, 0.25) is 0 Å². The van der Waals surface area contributed by atoms with Crippen LogP contribution in [0.5, 0.6) is 0 Å². The molecule has 1 N–H and O–H groups in total. The Kier molecular flexibility index (Phi) is 10.9. The highest BCUT2D eigenvalue weighted by atomic mass is 127. The number of amides is 1. The summed E-state index contributed by atoms with van der Waals surface area (Å²) in [4.78, 5) is 20.4. The number of carbonyl (C=O) groups excluding carboxylic acids is 1. The van der Waals surface area contributed by atoms with Gasteiger partial charge < -0.3 is 24.6 Å². The van der Waals surface area contributed by atoms with Gasteiger partial charge in [-0.15, -0.1) is 24.0 Å². The molecule has 1 heterocycles. The summed E-state index contributed by atoms with van der Waals surface area (Å²) in [6.07, 6.45) is 0.818. The minimum Gasteiger partial charge on any atom is -0.444 e. The lowest BCUT2D eigenvalue weighted by molar-refractivity contribution is 0.0285. The number of benzene rings is 1. The normalized spacial score (nSPS) is 16.8. The van der Waals surface area contributed by atoms with Gasteiger partial charge >= 0.3 is 6.09 Å². The Bertz CT molecular complexity index is 689. The zero-order valence-corrected chi connectivity index (χ0v) is 21.4. The molecule has 30 heavy (non-hydrogen) atoms. The van der Waals surface area contributed by atoms with Crippen molar-refractivity contribution in [2.75, 3.05) is 40.9 Å². The molecule has 170 valence electrons. The van der Waals surface area contributed by atoms with E-state index in [4.69, 9.17) is 9.47 Å². The predicted octanol–water partition coefficient (Wildman–Crippen LogP) is 3.72. The Morgan fingerprint density at radius 1 is 1.27 bits per heavy atom. The van der Waals surface area contributed by atoms with Gasteiger partial charge in [0.05, 0.1) is 6.61 Å². The molecule has 2 rings (SSSR count). The fourth-order valence-corrected chi connectivity index (χ4v) is 3.35. The van der Waals surface area contributed by atoms with Gasteiger partial charge in [0.2, 0.25) is 0 Å². The van der Waals surface area contributed by atoms with Crippen LogP contribution in [0.4, 0.5) is 4.79 Å². The van der Waals surface area contributed by atoms with Crippen LogP contribution in [0.3, 0.4) is 0 Å². The number of hydrogen-bond acceptors (Lipinski definition) is 4. The molecule has 1 atom stereocenters. The zero-order valence-electron chi connectivity index (χ0n) is 19.1. The lowest BCUT2D eigenvalue weighted by atomic mass is 10.1. The molecule has 0 aliphatic carbocycles. The Balaban J connectivity index is 0.00000450. The molecule has 7 nitrogen and oxygen atoms in total. The minimum atomic E-state index is -0.488. The number of halogens is 1. The van der Waals surface area contributed by atoms with E-state index >= 15 is 0 Å². The van der Waals surface area contributed by atoms with Crippen molar-refractivity contribution < 1.29 is 14.3 Å². The zero-order chi connectivity index (χ0) is 21.4. The topological polar surface area (TPSA) is 66.4 Å². The van der Waals surface area contributed by atoms with E-state index in [1.807, 2.05) is 40.0 Å². The van der Waals surface area contributed by atoms with Crippen LogP contribution in [0, 0.1) is 5.92 Å². The van der Waals surface area contributed by atoms with Gasteiger partial charge in [-0.3, -0.25) is 4.99 Å². The van der Waals surface area contributed by atoms with E-state index < -0.39 is 5.60 Å². The first-order chi connectivity index (χ1) is 13.7. The molecule has 1 aliphatic rings. The predicted molar refractivity (Wildman–Crippen MR) is 131 cm³/mol. The Labute approximate surface area is 198 Å². The molecule has 1 saturated heterocycles. The molecule has 1 amide bonds. The molecule has 1 aromatic carbocycles. The SMILES string of the molecule is CN=C(NCc1ccc(CN(C)C(=O)OC(C)(C)C)cc1)N1CCC(COC)C1.I. The van der Waals surface area contributed by atoms with Gasteiger partial charge in [-0.25, -0.2) is 4.79 Å². The maximum atomic E-state index is 12.1. The lowest BCUT2D eigenvalue weighted by Gasteiger charge is -2.24. The molecule has 0 spiro atoms. The standard InChI is InChI=1S/C22H36N4O3.HI/c1-22(2,3)29-21(27)25(5)14-18-9-7-17(8-10-18)13-24-20(23-4)26-12-11-19(15-26)16-28-6;/h7-10,19H,11-16H2,1-6H3,(H,23,24);1H. The summed E-state index contributed by atoms with van der Waals surface area (Å²) >= 11 is 0. The molecule has 0 bridgehead atoms. The van der Waals surface area contributed by atoms with Gasteiger partial charge in [0.25, 0.3) is 0 Å². The molecular formula is C22H37IN4O3. The average Bonchev–Trinajstić information content (AvgIpc) is 3.11. The van der Waals surface area contributed by atoms with Gasteiger partial charge in [-0.05, 0) is 38.3 Å². The van der Waals surface area contributed by atoms with E-state index in [0.717, 1.165) is 37.6 Å². The molecule has 0 saturated carbocycles. The lowest BCUT2D eigenvalue weighted by Crippen LogP contribution is -2.39. The van der Waals surface area contributed by atoms with Crippen molar-refractivity contribution in [3.63, 3.8) is 0 Å². The maximum Gasteiger partial charge on any atom is 0.410 e. The third-order valence-corrected chi connectivity index (χ3v) is 4.80. The van der Waals surface area contributed by atoms with Crippen molar-refractivity contribution in [1.82, 2.24) is 15.1 Å². The summed E-state index contributed by atoms with van der Waals surface area (Å²) in [6, 6.07) is 8.25. The molecule has 1 fully saturated rings. The van der Waals surface area contributed by atoms with E-state index in [9.17, 15) is 4.79 Å². The molecule has 0 radical (unpaired) electrons. The number of nitrogens with one attached hydrogen (secondary N) is 1. The van der Waals surface area contributed by atoms with Crippen LogP contribution in [-0.2, 0) is 22.6 Å². The fourth-order valence-electron chi connectivity index (χ4n) is 3.35. The van der Waals surface area contributed by atoms with Gasteiger partial charge in [0, 0.05) is 53.3 Å². The van der Waals surface area contributed by atoms with E-state index in [2.05, 4.69) is 27.3 Å². The van der Waals surface area contributed by atoms with Crippen molar-refractivity contribution in [1.29, 1.82) is 0 Å². The minimum absolute atomic E-state index is 0. The van der Waals surface area contributed by atoms with E-state index in [1.54, 1.807) is 19.1 Å². The summed E-state index contributed by atoms with van der Waals surface area (Å²) in [5.74, 6) is 1.50. The first-order valence-electron chi connectivity index (χ1n) is 10.2. The second kappa shape index (κ2) is 12.3. The van der Waals surface area contributed by atoms with Crippen LogP contribution in [0.1, 0.15) is 38.3 Å². The number of guanidine groups is 1. The highest BCUT2D eigenvalue weighted by molar-refractivity contribution is 14.0. The number of hydrogen-bond donors (Lipinski definition) is 1. The third-order valence-electron chi connectivity index (χ3n) is 4.80. The fraction of sp³-hybridized carbons (Fsp3) is 0.636. The second-order valence-corrected chi connectivity index (χ2v) is 8.61. The number of likely N-dealkylation sites (tertiary alicyclic amines) is 1. The molecule has 1 aromatic rings. The number of nitrogens with zero attached hydrogens (tertiary/aromatic N) is 3. The van der Waals surface area contributed by atoms with Crippen LogP contribution >= 0.6 is 24.0 Å². The monoisotopic (exact) mass is 532 g/mol. The molecule has 1 unspecified atom stereocenters.